The van der Waals surface area contributed by atoms with Gasteiger partial charge in [-0.05, 0) is 23.5 Å². The molecule has 0 unspecified atom stereocenters. The zero-order valence-corrected chi connectivity index (χ0v) is 7.33. The summed E-state index contributed by atoms with van der Waals surface area (Å²) in [6.45, 7) is 6.50. The molecule has 11 heavy (non-hydrogen) atoms. The molecule has 0 N–H and O–H groups in total. The van der Waals surface area contributed by atoms with Gasteiger partial charge in [-0.15, -0.1) is 0 Å². The maximum atomic E-state index is 3.86. The fourth-order valence-electron chi connectivity index (χ4n) is 1.17. The van der Waals surface area contributed by atoms with Crippen molar-refractivity contribution in [1.29, 1.82) is 0 Å². The third-order valence-corrected chi connectivity index (χ3v) is 1.85. The molecule has 1 aromatic rings. The lowest BCUT2D eigenvalue weighted by molar-refractivity contribution is 0.814. The molecule has 1 heterocycles. The van der Waals surface area contributed by atoms with Gasteiger partial charge in [0, 0.05) is 0 Å². The van der Waals surface area contributed by atoms with Gasteiger partial charge < -0.3 is 0 Å². The van der Waals surface area contributed by atoms with E-state index in [1.165, 1.54) is 11.1 Å². The van der Waals surface area contributed by atoms with Crippen LogP contribution in [-0.2, 0) is 6.42 Å². The van der Waals surface area contributed by atoms with Crippen molar-refractivity contribution in [3.63, 3.8) is 0 Å². The van der Waals surface area contributed by atoms with Crippen LogP contribution in [0.5, 0.6) is 0 Å². The van der Waals surface area contributed by atoms with Crippen molar-refractivity contribution in [2.45, 2.75) is 33.1 Å². The van der Waals surface area contributed by atoms with Gasteiger partial charge in [0.05, 0.1) is 12.4 Å². The topological polar surface area (TPSA) is 25.8 Å². The van der Waals surface area contributed by atoms with E-state index in [4.69, 9.17) is 0 Å². The lowest BCUT2D eigenvalue weighted by atomic mass is 10.00. The molecule has 0 aliphatic carbocycles. The Morgan fingerprint density at radius 2 is 1.91 bits per heavy atom. The Morgan fingerprint density at radius 1 is 1.27 bits per heavy atom. The first-order chi connectivity index (χ1) is 5.25. The number of hydrogen-bond acceptors (Lipinski definition) is 2. The number of aryl methyl sites for hydroxylation is 1. The SMILES string of the molecule is CCc1cnncc1C(C)C. The lowest BCUT2D eigenvalue weighted by Crippen LogP contribution is -1.97. The molecule has 0 aromatic carbocycles. The van der Waals surface area contributed by atoms with Crippen LogP contribution < -0.4 is 0 Å². The monoisotopic (exact) mass is 150 g/mol. The van der Waals surface area contributed by atoms with E-state index in [1.807, 2.05) is 12.4 Å². The number of aromatic nitrogens is 2. The molecule has 0 saturated carbocycles. The number of rotatable bonds is 2. The van der Waals surface area contributed by atoms with Crippen LogP contribution in [0.25, 0.3) is 0 Å². The molecule has 0 aliphatic rings. The maximum Gasteiger partial charge on any atom is 0.0533 e. The molecule has 60 valence electrons. The lowest BCUT2D eigenvalue weighted by Gasteiger charge is -2.08. The van der Waals surface area contributed by atoms with Crippen molar-refractivity contribution >= 4 is 0 Å². The minimum atomic E-state index is 0.556. The minimum absolute atomic E-state index is 0.556. The highest BCUT2D eigenvalue weighted by atomic mass is 15.1. The summed E-state index contributed by atoms with van der Waals surface area (Å²) < 4.78 is 0. The van der Waals surface area contributed by atoms with E-state index in [-0.39, 0.29) is 0 Å². The van der Waals surface area contributed by atoms with Crippen LogP contribution in [0.15, 0.2) is 12.4 Å². The highest BCUT2D eigenvalue weighted by molar-refractivity contribution is 5.23. The van der Waals surface area contributed by atoms with Gasteiger partial charge in [0.2, 0.25) is 0 Å². The van der Waals surface area contributed by atoms with Crippen LogP contribution >= 0.6 is 0 Å². The van der Waals surface area contributed by atoms with Crippen LogP contribution in [0.2, 0.25) is 0 Å². The quantitative estimate of drug-likeness (QED) is 0.645. The van der Waals surface area contributed by atoms with E-state index in [0.29, 0.717) is 5.92 Å². The van der Waals surface area contributed by atoms with Crippen molar-refractivity contribution in [2.24, 2.45) is 0 Å². The molecule has 2 nitrogen and oxygen atoms in total. The Kier molecular flexibility index (Phi) is 2.58. The Labute approximate surface area is 67.7 Å². The van der Waals surface area contributed by atoms with Crippen molar-refractivity contribution in [1.82, 2.24) is 10.2 Å². The van der Waals surface area contributed by atoms with Gasteiger partial charge in [-0.2, -0.15) is 10.2 Å². The van der Waals surface area contributed by atoms with Gasteiger partial charge >= 0.3 is 0 Å². The van der Waals surface area contributed by atoms with E-state index >= 15 is 0 Å². The molecule has 0 amide bonds. The van der Waals surface area contributed by atoms with E-state index in [2.05, 4.69) is 31.0 Å². The summed E-state index contributed by atoms with van der Waals surface area (Å²) in [5.41, 5.74) is 2.64. The molecule has 0 atom stereocenters. The summed E-state index contributed by atoms with van der Waals surface area (Å²) in [6.07, 6.45) is 4.77. The standard InChI is InChI=1S/C9H14N2/c1-4-8-5-10-11-6-9(8)7(2)3/h5-7H,4H2,1-3H3. The van der Waals surface area contributed by atoms with Gasteiger partial charge in [-0.3, -0.25) is 0 Å². The van der Waals surface area contributed by atoms with Gasteiger partial charge in [0.25, 0.3) is 0 Å². The first-order valence-electron chi connectivity index (χ1n) is 4.05. The summed E-state index contributed by atoms with van der Waals surface area (Å²) in [6, 6.07) is 0. The molecule has 2 heteroatoms. The molecule has 1 aromatic heterocycles. The van der Waals surface area contributed by atoms with E-state index < -0.39 is 0 Å². The van der Waals surface area contributed by atoms with Gasteiger partial charge in [0.1, 0.15) is 0 Å². The van der Waals surface area contributed by atoms with Crippen LogP contribution in [-0.4, -0.2) is 10.2 Å². The number of hydrogen-bond donors (Lipinski definition) is 0. The van der Waals surface area contributed by atoms with Crippen LogP contribution in [0.3, 0.4) is 0 Å². The molecule has 0 radical (unpaired) electrons. The first-order valence-corrected chi connectivity index (χ1v) is 4.05. The average molecular weight is 150 g/mol. The third-order valence-electron chi connectivity index (χ3n) is 1.85. The number of nitrogens with zero attached hydrogens (tertiary/aromatic N) is 2. The summed E-state index contributed by atoms with van der Waals surface area (Å²) >= 11 is 0. The summed E-state index contributed by atoms with van der Waals surface area (Å²) in [5, 5.41) is 7.71. The Hall–Kier alpha value is -0.920. The molecule has 0 bridgehead atoms. The van der Waals surface area contributed by atoms with Gasteiger partial charge in [-0.25, -0.2) is 0 Å². The molecular weight excluding hydrogens is 136 g/mol. The fraction of sp³-hybridized carbons (Fsp3) is 0.556. The predicted octanol–water partition coefficient (Wildman–Crippen LogP) is 2.16. The second kappa shape index (κ2) is 3.46. The molecule has 1 rings (SSSR count). The third kappa shape index (κ3) is 1.76. The molecular formula is C9H14N2. The predicted molar refractivity (Wildman–Crippen MR) is 45.5 cm³/mol. The van der Waals surface area contributed by atoms with Crippen molar-refractivity contribution in [3.05, 3.63) is 23.5 Å². The molecule has 0 aliphatic heterocycles. The van der Waals surface area contributed by atoms with Crippen molar-refractivity contribution < 1.29 is 0 Å². The van der Waals surface area contributed by atoms with Crippen molar-refractivity contribution in [3.8, 4) is 0 Å². The second-order valence-corrected chi connectivity index (χ2v) is 2.98. The average Bonchev–Trinajstić information content (AvgIpc) is 2.04. The summed E-state index contributed by atoms with van der Waals surface area (Å²) in [4.78, 5) is 0. The van der Waals surface area contributed by atoms with E-state index in [0.717, 1.165) is 6.42 Å². The summed E-state index contributed by atoms with van der Waals surface area (Å²) in [5.74, 6) is 0.556. The molecule has 0 spiro atoms. The molecule has 0 saturated heterocycles. The largest absolute Gasteiger partial charge is 0.159 e. The van der Waals surface area contributed by atoms with E-state index in [1.54, 1.807) is 0 Å². The highest BCUT2D eigenvalue weighted by Crippen LogP contribution is 2.16. The van der Waals surface area contributed by atoms with E-state index in [9.17, 15) is 0 Å². The highest BCUT2D eigenvalue weighted by Gasteiger charge is 2.03. The second-order valence-electron chi connectivity index (χ2n) is 2.98. The van der Waals surface area contributed by atoms with Crippen LogP contribution in [0, 0.1) is 0 Å². The maximum absolute atomic E-state index is 3.86. The normalized spacial score (nSPS) is 10.5. The molecule has 0 fully saturated rings. The Morgan fingerprint density at radius 3 is 2.36 bits per heavy atom. The van der Waals surface area contributed by atoms with Crippen molar-refractivity contribution in [2.75, 3.05) is 0 Å². The zero-order valence-electron chi connectivity index (χ0n) is 7.33. The van der Waals surface area contributed by atoms with Crippen LogP contribution in [0.1, 0.15) is 37.8 Å². The Bertz CT molecular complexity index is 231. The van der Waals surface area contributed by atoms with Gasteiger partial charge in [0.15, 0.2) is 0 Å². The minimum Gasteiger partial charge on any atom is -0.159 e. The smallest absolute Gasteiger partial charge is 0.0533 e. The zero-order chi connectivity index (χ0) is 8.27. The van der Waals surface area contributed by atoms with Gasteiger partial charge in [-0.1, -0.05) is 20.8 Å². The van der Waals surface area contributed by atoms with Crippen LogP contribution in [0.4, 0.5) is 0 Å². The first kappa shape index (κ1) is 8.18. The Balaban J connectivity index is 3.02. The fourth-order valence-corrected chi connectivity index (χ4v) is 1.17. The summed E-state index contributed by atoms with van der Waals surface area (Å²) in [7, 11) is 0.